The van der Waals surface area contributed by atoms with E-state index in [1.165, 1.54) is 11.1 Å². The fourth-order valence-electron chi connectivity index (χ4n) is 1.57. The highest BCUT2D eigenvalue weighted by Crippen LogP contribution is 2.29. The molecule has 0 fully saturated rings. The van der Waals surface area contributed by atoms with Gasteiger partial charge in [0.2, 0.25) is 0 Å². The second-order valence-electron chi connectivity index (χ2n) is 3.74. The summed E-state index contributed by atoms with van der Waals surface area (Å²) in [5.74, 6) is 0.914. The summed E-state index contributed by atoms with van der Waals surface area (Å²) >= 11 is 7.85. The van der Waals surface area contributed by atoms with Crippen LogP contribution < -0.4 is 5.73 Å². The molecule has 2 N–H and O–H groups in total. The molecule has 2 aromatic carbocycles. The second-order valence-corrected chi connectivity index (χ2v) is 5.17. The molecule has 3 heteroatoms. The first-order valence-electron chi connectivity index (χ1n) is 5.45. The molecule has 0 aliphatic heterocycles. The standard InChI is InChI=1S/C14H14ClNS/c15-13-6-1-2-7-14(13)17-10-12-5-3-4-11(8-12)9-16/h1-8H,9-10,16H2. The van der Waals surface area contributed by atoms with E-state index in [0.29, 0.717) is 6.54 Å². The summed E-state index contributed by atoms with van der Waals surface area (Å²) in [5.41, 5.74) is 8.07. The average molecular weight is 264 g/mol. The van der Waals surface area contributed by atoms with Crippen LogP contribution in [0.1, 0.15) is 11.1 Å². The van der Waals surface area contributed by atoms with E-state index >= 15 is 0 Å². The zero-order valence-electron chi connectivity index (χ0n) is 9.40. The highest BCUT2D eigenvalue weighted by molar-refractivity contribution is 7.98. The number of halogens is 1. The van der Waals surface area contributed by atoms with Crippen molar-refractivity contribution < 1.29 is 0 Å². The zero-order valence-corrected chi connectivity index (χ0v) is 11.0. The van der Waals surface area contributed by atoms with Crippen LogP contribution in [0.5, 0.6) is 0 Å². The van der Waals surface area contributed by atoms with Crippen LogP contribution in [0.25, 0.3) is 0 Å². The predicted molar refractivity (Wildman–Crippen MR) is 75.3 cm³/mol. The molecule has 0 aliphatic carbocycles. The first-order valence-corrected chi connectivity index (χ1v) is 6.81. The minimum Gasteiger partial charge on any atom is -0.326 e. The van der Waals surface area contributed by atoms with Crippen LogP contribution in [0.2, 0.25) is 5.02 Å². The molecule has 88 valence electrons. The molecule has 0 amide bonds. The largest absolute Gasteiger partial charge is 0.326 e. The number of hydrogen-bond acceptors (Lipinski definition) is 2. The normalized spacial score (nSPS) is 10.5. The van der Waals surface area contributed by atoms with Crippen molar-refractivity contribution in [3.63, 3.8) is 0 Å². The van der Waals surface area contributed by atoms with Gasteiger partial charge in [-0.05, 0) is 23.3 Å². The molecule has 0 unspecified atom stereocenters. The smallest absolute Gasteiger partial charge is 0.0541 e. The van der Waals surface area contributed by atoms with Gasteiger partial charge in [0.25, 0.3) is 0 Å². The molecule has 0 aromatic heterocycles. The van der Waals surface area contributed by atoms with Crippen LogP contribution in [-0.4, -0.2) is 0 Å². The van der Waals surface area contributed by atoms with Gasteiger partial charge in [0, 0.05) is 17.2 Å². The van der Waals surface area contributed by atoms with E-state index in [-0.39, 0.29) is 0 Å². The molecule has 0 heterocycles. The lowest BCUT2D eigenvalue weighted by molar-refractivity contribution is 1.06. The third-order valence-electron chi connectivity index (χ3n) is 2.46. The van der Waals surface area contributed by atoms with Crippen LogP contribution in [-0.2, 0) is 12.3 Å². The maximum absolute atomic E-state index is 6.11. The van der Waals surface area contributed by atoms with Crippen molar-refractivity contribution in [3.8, 4) is 0 Å². The summed E-state index contributed by atoms with van der Waals surface area (Å²) in [7, 11) is 0. The van der Waals surface area contributed by atoms with Gasteiger partial charge in [-0.25, -0.2) is 0 Å². The topological polar surface area (TPSA) is 26.0 Å². The Hall–Kier alpha value is -0.960. The molecular weight excluding hydrogens is 250 g/mol. The van der Waals surface area contributed by atoms with Gasteiger partial charge >= 0.3 is 0 Å². The van der Waals surface area contributed by atoms with Crippen molar-refractivity contribution in [2.24, 2.45) is 5.73 Å². The third kappa shape index (κ3) is 3.50. The molecule has 0 aliphatic rings. The Bertz CT molecular complexity index is 499. The van der Waals surface area contributed by atoms with E-state index < -0.39 is 0 Å². The van der Waals surface area contributed by atoms with Crippen molar-refractivity contribution in [1.82, 2.24) is 0 Å². The van der Waals surface area contributed by atoms with Gasteiger partial charge in [-0.2, -0.15) is 0 Å². The maximum Gasteiger partial charge on any atom is 0.0541 e. The number of hydrogen-bond donors (Lipinski definition) is 1. The maximum atomic E-state index is 6.11. The summed E-state index contributed by atoms with van der Waals surface area (Å²) in [6.45, 7) is 0.588. The molecule has 0 spiro atoms. The molecule has 17 heavy (non-hydrogen) atoms. The van der Waals surface area contributed by atoms with Crippen molar-refractivity contribution in [2.75, 3.05) is 0 Å². The van der Waals surface area contributed by atoms with Crippen molar-refractivity contribution >= 4 is 23.4 Å². The Labute approximate surface area is 111 Å². The number of rotatable bonds is 4. The molecule has 0 saturated carbocycles. The average Bonchev–Trinajstić information content (AvgIpc) is 2.38. The van der Waals surface area contributed by atoms with Crippen molar-refractivity contribution in [1.29, 1.82) is 0 Å². The first kappa shape index (κ1) is 12.5. The van der Waals surface area contributed by atoms with Gasteiger partial charge < -0.3 is 5.73 Å². The lowest BCUT2D eigenvalue weighted by Gasteiger charge is -2.05. The van der Waals surface area contributed by atoms with Crippen LogP contribution in [0, 0.1) is 0 Å². The molecule has 2 rings (SSSR count). The second kappa shape index (κ2) is 6.10. The van der Waals surface area contributed by atoms with E-state index in [1.54, 1.807) is 11.8 Å². The molecule has 0 bridgehead atoms. The summed E-state index contributed by atoms with van der Waals surface area (Å²) in [5, 5.41) is 0.812. The zero-order chi connectivity index (χ0) is 12.1. The number of nitrogens with two attached hydrogens (primary N) is 1. The fourth-order valence-corrected chi connectivity index (χ4v) is 2.75. The van der Waals surface area contributed by atoms with Gasteiger partial charge in [-0.15, -0.1) is 11.8 Å². The summed E-state index contributed by atoms with van der Waals surface area (Å²) in [6, 6.07) is 16.3. The van der Waals surface area contributed by atoms with Gasteiger partial charge in [0.15, 0.2) is 0 Å². The number of benzene rings is 2. The van der Waals surface area contributed by atoms with Gasteiger partial charge in [0.05, 0.1) is 5.02 Å². The third-order valence-corrected chi connectivity index (χ3v) is 4.04. The van der Waals surface area contributed by atoms with Gasteiger partial charge in [0.1, 0.15) is 0 Å². The van der Waals surface area contributed by atoms with Crippen LogP contribution >= 0.6 is 23.4 Å². The van der Waals surface area contributed by atoms with Crippen molar-refractivity contribution in [3.05, 3.63) is 64.7 Å². The molecule has 1 nitrogen and oxygen atoms in total. The molecule has 0 atom stereocenters. The highest BCUT2D eigenvalue weighted by Gasteiger charge is 2.01. The van der Waals surface area contributed by atoms with Crippen LogP contribution in [0.3, 0.4) is 0 Å². The Morgan fingerprint density at radius 1 is 1.00 bits per heavy atom. The summed E-state index contributed by atoms with van der Waals surface area (Å²) in [6.07, 6.45) is 0. The van der Waals surface area contributed by atoms with E-state index in [2.05, 4.69) is 12.1 Å². The van der Waals surface area contributed by atoms with Gasteiger partial charge in [-0.3, -0.25) is 0 Å². The summed E-state index contributed by atoms with van der Waals surface area (Å²) < 4.78 is 0. The molecule has 2 aromatic rings. The van der Waals surface area contributed by atoms with E-state index in [1.807, 2.05) is 36.4 Å². The lowest BCUT2D eigenvalue weighted by atomic mass is 10.1. The Morgan fingerprint density at radius 2 is 1.76 bits per heavy atom. The lowest BCUT2D eigenvalue weighted by Crippen LogP contribution is -1.96. The van der Waals surface area contributed by atoms with Crippen LogP contribution in [0.15, 0.2) is 53.4 Å². The fraction of sp³-hybridized carbons (Fsp3) is 0.143. The van der Waals surface area contributed by atoms with E-state index in [9.17, 15) is 0 Å². The Morgan fingerprint density at radius 3 is 2.53 bits per heavy atom. The summed E-state index contributed by atoms with van der Waals surface area (Å²) in [4.78, 5) is 1.12. The van der Waals surface area contributed by atoms with Gasteiger partial charge in [-0.1, -0.05) is 48.0 Å². The van der Waals surface area contributed by atoms with Crippen LogP contribution in [0.4, 0.5) is 0 Å². The minimum absolute atomic E-state index is 0.588. The monoisotopic (exact) mass is 263 g/mol. The van der Waals surface area contributed by atoms with E-state index in [0.717, 1.165) is 15.7 Å². The van der Waals surface area contributed by atoms with E-state index in [4.69, 9.17) is 17.3 Å². The first-order chi connectivity index (χ1) is 8.29. The number of thioether (sulfide) groups is 1. The molecule has 0 radical (unpaired) electrons. The Balaban J connectivity index is 2.05. The SMILES string of the molecule is NCc1cccc(CSc2ccccc2Cl)c1. The molecular formula is C14H14ClNS. The predicted octanol–water partition coefficient (Wildman–Crippen LogP) is 4.09. The highest BCUT2D eigenvalue weighted by atomic mass is 35.5. The Kier molecular flexibility index (Phi) is 4.49. The molecule has 0 saturated heterocycles. The minimum atomic E-state index is 0.588. The van der Waals surface area contributed by atoms with Crippen molar-refractivity contribution in [2.45, 2.75) is 17.2 Å². The quantitative estimate of drug-likeness (QED) is 0.841.